The molecule has 0 fully saturated rings. The van der Waals surface area contributed by atoms with Crippen LogP contribution in [0, 0.1) is 13.8 Å². The van der Waals surface area contributed by atoms with E-state index < -0.39 is 6.10 Å². The first-order valence-corrected chi connectivity index (χ1v) is 9.37. The second-order valence-corrected chi connectivity index (χ2v) is 7.08. The lowest BCUT2D eigenvalue weighted by Crippen LogP contribution is -2.38. The van der Waals surface area contributed by atoms with Crippen molar-refractivity contribution in [1.82, 2.24) is 4.90 Å². The van der Waals surface area contributed by atoms with Gasteiger partial charge in [0.2, 0.25) is 0 Å². The summed E-state index contributed by atoms with van der Waals surface area (Å²) in [5.74, 6) is 0.865. The lowest BCUT2D eigenvalue weighted by molar-refractivity contribution is 0.00588. The van der Waals surface area contributed by atoms with Crippen molar-refractivity contribution in [3.63, 3.8) is 0 Å². The predicted octanol–water partition coefficient (Wildman–Crippen LogP) is 3.12. The number of hydrogen-bond donors (Lipinski definition) is 1. The summed E-state index contributed by atoms with van der Waals surface area (Å²) in [5, 5.41) is 10.2. The Morgan fingerprint density at radius 2 is 1.85 bits per heavy atom. The maximum Gasteiger partial charge on any atom is 0.119 e. The Bertz CT molecular complexity index is 716. The van der Waals surface area contributed by atoms with Gasteiger partial charge in [0.05, 0.1) is 19.3 Å². The van der Waals surface area contributed by atoms with Crippen LogP contribution in [0.15, 0.2) is 42.5 Å². The van der Waals surface area contributed by atoms with Crippen LogP contribution in [0.25, 0.3) is 0 Å². The first kappa shape index (κ1) is 18.9. The largest absolute Gasteiger partial charge is 0.491 e. The normalized spacial score (nSPS) is 15.5. The van der Waals surface area contributed by atoms with Gasteiger partial charge in [0.1, 0.15) is 12.4 Å². The number of ether oxygens (including phenoxy) is 2. The molecule has 140 valence electrons. The van der Waals surface area contributed by atoms with E-state index in [1.807, 2.05) is 12.1 Å². The first-order valence-electron chi connectivity index (χ1n) is 9.37. The number of rotatable bonds is 8. The van der Waals surface area contributed by atoms with Gasteiger partial charge >= 0.3 is 0 Å². The highest BCUT2D eigenvalue weighted by molar-refractivity contribution is 5.33. The second-order valence-electron chi connectivity index (χ2n) is 7.08. The van der Waals surface area contributed by atoms with Crippen LogP contribution in [0.5, 0.6) is 5.75 Å². The SMILES string of the molecule is Cc1ccc(OCCOCC(O)CN2CCc3ccccc3C2)cc1C. The third kappa shape index (κ3) is 5.31. The molecule has 4 nitrogen and oxygen atoms in total. The van der Waals surface area contributed by atoms with E-state index in [1.54, 1.807) is 0 Å². The van der Waals surface area contributed by atoms with Crippen LogP contribution in [-0.4, -0.2) is 49.0 Å². The molecule has 1 aliphatic rings. The van der Waals surface area contributed by atoms with Crippen molar-refractivity contribution in [3.8, 4) is 5.75 Å². The predicted molar refractivity (Wildman–Crippen MR) is 104 cm³/mol. The van der Waals surface area contributed by atoms with Crippen LogP contribution in [0.2, 0.25) is 0 Å². The number of fused-ring (bicyclic) bond motifs is 1. The van der Waals surface area contributed by atoms with Crippen molar-refractivity contribution >= 4 is 0 Å². The highest BCUT2D eigenvalue weighted by Gasteiger charge is 2.18. The second kappa shape index (κ2) is 9.17. The summed E-state index contributed by atoms with van der Waals surface area (Å²) in [5.41, 5.74) is 5.28. The quantitative estimate of drug-likeness (QED) is 0.739. The molecule has 1 atom stereocenters. The molecule has 2 aromatic carbocycles. The highest BCUT2D eigenvalue weighted by atomic mass is 16.5. The summed E-state index contributed by atoms with van der Waals surface area (Å²) in [6, 6.07) is 14.6. The molecule has 2 aromatic rings. The standard InChI is InChI=1S/C22H29NO3/c1-17-7-8-22(13-18(17)2)26-12-11-25-16-21(24)15-23-10-9-19-5-3-4-6-20(19)14-23/h3-8,13,21,24H,9-12,14-16H2,1-2H3. The van der Waals surface area contributed by atoms with E-state index in [1.165, 1.54) is 22.3 Å². The molecule has 1 N–H and O–H groups in total. The molecule has 1 aliphatic heterocycles. The number of hydrogen-bond acceptors (Lipinski definition) is 4. The summed E-state index contributed by atoms with van der Waals surface area (Å²) < 4.78 is 11.3. The third-order valence-corrected chi connectivity index (χ3v) is 4.96. The fraction of sp³-hybridized carbons (Fsp3) is 0.455. The lowest BCUT2D eigenvalue weighted by Gasteiger charge is -2.30. The van der Waals surface area contributed by atoms with E-state index in [0.29, 0.717) is 26.4 Å². The molecule has 0 aliphatic carbocycles. The average Bonchev–Trinajstić information content (AvgIpc) is 2.64. The van der Waals surface area contributed by atoms with Crippen LogP contribution < -0.4 is 4.74 Å². The Morgan fingerprint density at radius 3 is 2.65 bits per heavy atom. The topological polar surface area (TPSA) is 41.9 Å². The molecule has 3 rings (SSSR count). The lowest BCUT2D eigenvalue weighted by atomic mass is 10.00. The fourth-order valence-electron chi connectivity index (χ4n) is 3.30. The number of aryl methyl sites for hydroxylation is 2. The van der Waals surface area contributed by atoms with Gasteiger partial charge in [-0.1, -0.05) is 30.3 Å². The molecule has 0 bridgehead atoms. The van der Waals surface area contributed by atoms with Crippen molar-refractivity contribution in [2.75, 3.05) is 32.9 Å². The molecule has 1 heterocycles. The van der Waals surface area contributed by atoms with E-state index in [2.05, 4.69) is 49.1 Å². The fourth-order valence-corrected chi connectivity index (χ4v) is 3.30. The monoisotopic (exact) mass is 355 g/mol. The maximum absolute atomic E-state index is 10.2. The third-order valence-electron chi connectivity index (χ3n) is 4.96. The van der Waals surface area contributed by atoms with E-state index in [0.717, 1.165) is 25.3 Å². The minimum absolute atomic E-state index is 0.342. The minimum Gasteiger partial charge on any atom is -0.491 e. The molecule has 1 unspecified atom stereocenters. The molecule has 26 heavy (non-hydrogen) atoms. The van der Waals surface area contributed by atoms with Gasteiger partial charge in [-0.15, -0.1) is 0 Å². The molecular weight excluding hydrogens is 326 g/mol. The molecule has 4 heteroatoms. The Hall–Kier alpha value is -1.88. The number of benzene rings is 2. The van der Waals surface area contributed by atoms with Crippen LogP contribution in [0.1, 0.15) is 22.3 Å². The molecule has 0 amide bonds. The smallest absolute Gasteiger partial charge is 0.119 e. The molecule has 0 aromatic heterocycles. The molecule has 0 radical (unpaired) electrons. The van der Waals surface area contributed by atoms with Gasteiger partial charge in [0, 0.05) is 19.6 Å². The van der Waals surface area contributed by atoms with Crippen LogP contribution >= 0.6 is 0 Å². The van der Waals surface area contributed by atoms with Gasteiger partial charge < -0.3 is 14.6 Å². The average molecular weight is 355 g/mol. The Morgan fingerprint density at radius 1 is 1.04 bits per heavy atom. The van der Waals surface area contributed by atoms with E-state index in [4.69, 9.17) is 9.47 Å². The van der Waals surface area contributed by atoms with Crippen molar-refractivity contribution in [1.29, 1.82) is 0 Å². The zero-order chi connectivity index (χ0) is 18.4. The number of aliphatic hydroxyl groups excluding tert-OH is 1. The van der Waals surface area contributed by atoms with Gasteiger partial charge in [-0.05, 0) is 54.7 Å². The van der Waals surface area contributed by atoms with Gasteiger partial charge in [-0.25, -0.2) is 0 Å². The van der Waals surface area contributed by atoms with Crippen LogP contribution in [-0.2, 0) is 17.7 Å². The van der Waals surface area contributed by atoms with Crippen molar-refractivity contribution in [2.45, 2.75) is 32.9 Å². The van der Waals surface area contributed by atoms with E-state index in [-0.39, 0.29) is 0 Å². The zero-order valence-electron chi connectivity index (χ0n) is 15.8. The highest BCUT2D eigenvalue weighted by Crippen LogP contribution is 2.18. The summed E-state index contributed by atoms with van der Waals surface area (Å²) in [4.78, 5) is 2.29. The summed E-state index contributed by atoms with van der Waals surface area (Å²) in [6.45, 7) is 8.02. The van der Waals surface area contributed by atoms with E-state index >= 15 is 0 Å². The van der Waals surface area contributed by atoms with Gasteiger partial charge in [0.15, 0.2) is 0 Å². The molecular formula is C22H29NO3. The Balaban J connectivity index is 1.32. The first-order chi connectivity index (χ1) is 12.6. The number of β-amino-alcohol motifs (C(OH)–C–C–N with tert-alkyl or cyclic N) is 1. The summed E-state index contributed by atoms with van der Waals surface area (Å²) in [7, 11) is 0. The van der Waals surface area contributed by atoms with Crippen molar-refractivity contribution in [3.05, 3.63) is 64.7 Å². The molecule has 0 spiro atoms. The van der Waals surface area contributed by atoms with Crippen molar-refractivity contribution in [2.24, 2.45) is 0 Å². The molecule has 0 saturated carbocycles. The molecule has 0 saturated heterocycles. The van der Waals surface area contributed by atoms with Gasteiger partial charge in [0.25, 0.3) is 0 Å². The van der Waals surface area contributed by atoms with Crippen LogP contribution in [0.3, 0.4) is 0 Å². The number of nitrogens with zero attached hydrogens (tertiary/aromatic N) is 1. The van der Waals surface area contributed by atoms with Gasteiger partial charge in [-0.2, -0.15) is 0 Å². The number of aliphatic hydroxyl groups is 1. The Kier molecular flexibility index (Phi) is 6.67. The Labute approximate surface area is 156 Å². The van der Waals surface area contributed by atoms with Gasteiger partial charge in [-0.3, -0.25) is 4.90 Å². The maximum atomic E-state index is 10.2. The summed E-state index contributed by atoms with van der Waals surface area (Å²) in [6.07, 6.45) is 0.579. The van der Waals surface area contributed by atoms with E-state index in [9.17, 15) is 5.11 Å². The van der Waals surface area contributed by atoms with Crippen molar-refractivity contribution < 1.29 is 14.6 Å². The minimum atomic E-state index is -0.470. The summed E-state index contributed by atoms with van der Waals surface area (Å²) >= 11 is 0. The van der Waals surface area contributed by atoms with Crippen LogP contribution in [0.4, 0.5) is 0 Å². The zero-order valence-corrected chi connectivity index (χ0v) is 15.8.